The highest BCUT2D eigenvalue weighted by molar-refractivity contribution is 6.30. The van der Waals surface area contributed by atoms with Gasteiger partial charge in [0, 0.05) is 10.6 Å². The average molecular weight is 315 g/mol. The zero-order valence-electron chi connectivity index (χ0n) is 12.8. The molecule has 0 aliphatic carbocycles. The largest absolute Gasteiger partial charge is 0.449 e. The monoisotopic (exact) mass is 314 g/mol. The quantitative estimate of drug-likeness (QED) is 0.566. The van der Waals surface area contributed by atoms with Gasteiger partial charge in [-0.05, 0) is 42.2 Å². The van der Waals surface area contributed by atoms with Crippen molar-refractivity contribution in [2.45, 2.75) is 26.4 Å². The topological polar surface area (TPSA) is 26.3 Å². The third kappa shape index (κ3) is 3.99. The summed E-state index contributed by atoms with van der Waals surface area (Å²) in [7, 11) is 0. The molecule has 0 spiro atoms. The molecular weight excluding hydrogens is 296 g/mol. The smallest absolute Gasteiger partial charge is 0.334 e. The van der Waals surface area contributed by atoms with E-state index in [0.717, 1.165) is 17.5 Å². The van der Waals surface area contributed by atoms with Crippen LogP contribution >= 0.6 is 11.6 Å². The molecule has 0 amide bonds. The first-order valence-corrected chi connectivity index (χ1v) is 7.60. The summed E-state index contributed by atoms with van der Waals surface area (Å²) >= 11 is 5.94. The molecular formula is C19H19ClO2. The van der Waals surface area contributed by atoms with E-state index in [0.29, 0.717) is 10.6 Å². The summed E-state index contributed by atoms with van der Waals surface area (Å²) in [6, 6.07) is 15.4. The number of carbonyl (C=O) groups excluding carboxylic acids is 1. The van der Waals surface area contributed by atoms with Crippen LogP contribution in [0.4, 0.5) is 0 Å². The third-order valence-corrected chi connectivity index (χ3v) is 3.69. The Kier molecular flexibility index (Phi) is 5.40. The lowest BCUT2D eigenvalue weighted by Gasteiger charge is -2.19. The number of aryl methyl sites for hydroxylation is 1. The summed E-state index contributed by atoms with van der Waals surface area (Å²) in [5.41, 5.74) is 3.42. The molecule has 0 heterocycles. The maximum absolute atomic E-state index is 11.9. The molecule has 0 aliphatic heterocycles. The number of carbonyl (C=O) groups is 1. The minimum absolute atomic E-state index is 0.379. The van der Waals surface area contributed by atoms with E-state index in [4.69, 9.17) is 16.3 Å². The minimum atomic E-state index is -0.465. The van der Waals surface area contributed by atoms with Gasteiger partial charge in [0.1, 0.15) is 0 Å². The van der Waals surface area contributed by atoms with Crippen molar-refractivity contribution in [3.8, 4) is 0 Å². The molecule has 2 aromatic carbocycles. The van der Waals surface area contributed by atoms with Crippen molar-refractivity contribution in [3.05, 3.63) is 82.4 Å². The third-order valence-electron chi connectivity index (χ3n) is 3.44. The fourth-order valence-corrected chi connectivity index (χ4v) is 2.23. The van der Waals surface area contributed by atoms with E-state index in [1.165, 1.54) is 5.56 Å². The Morgan fingerprint density at radius 2 is 1.59 bits per heavy atom. The van der Waals surface area contributed by atoms with Gasteiger partial charge in [-0.3, -0.25) is 0 Å². The van der Waals surface area contributed by atoms with Gasteiger partial charge in [-0.15, -0.1) is 0 Å². The molecule has 0 saturated carbocycles. The molecule has 3 heteroatoms. The molecule has 0 N–H and O–H groups in total. The van der Waals surface area contributed by atoms with E-state index >= 15 is 0 Å². The van der Waals surface area contributed by atoms with Crippen LogP contribution in [-0.2, 0) is 16.0 Å². The number of ether oxygens (including phenoxy) is 1. The predicted molar refractivity (Wildman–Crippen MR) is 90.0 cm³/mol. The highest BCUT2D eigenvalue weighted by Crippen LogP contribution is 2.28. The molecule has 0 aromatic heterocycles. The first-order chi connectivity index (χ1) is 10.5. The van der Waals surface area contributed by atoms with Gasteiger partial charge in [0.25, 0.3) is 0 Å². The van der Waals surface area contributed by atoms with E-state index in [-0.39, 0.29) is 0 Å². The van der Waals surface area contributed by atoms with Crippen molar-refractivity contribution >= 4 is 17.6 Å². The standard InChI is InChI=1S/C19H19ClO2/c1-4-14-5-7-15(8-6-14)18(22-19(21)13(2)3)16-9-11-17(20)12-10-16/h5-12,18H,2,4H2,1,3H3. The van der Waals surface area contributed by atoms with Gasteiger partial charge in [0.2, 0.25) is 0 Å². The van der Waals surface area contributed by atoms with Crippen LogP contribution in [0.3, 0.4) is 0 Å². The highest BCUT2D eigenvalue weighted by Gasteiger charge is 2.19. The maximum atomic E-state index is 11.9. The van der Waals surface area contributed by atoms with Crippen LogP contribution in [0.5, 0.6) is 0 Å². The minimum Gasteiger partial charge on any atom is -0.449 e. The van der Waals surface area contributed by atoms with Gasteiger partial charge in [-0.2, -0.15) is 0 Å². The lowest BCUT2D eigenvalue weighted by Crippen LogP contribution is -2.13. The van der Waals surface area contributed by atoms with Crippen LogP contribution in [-0.4, -0.2) is 5.97 Å². The summed E-state index contributed by atoms with van der Waals surface area (Å²) in [5.74, 6) is -0.403. The van der Waals surface area contributed by atoms with E-state index in [9.17, 15) is 4.79 Å². The van der Waals surface area contributed by atoms with Gasteiger partial charge >= 0.3 is 5.97 Å². The van der Waals surface area contributed by atoms with E-state index in [2.05, 4.69) is 13.5 Å². The number of rotatable bonds is 5. The fourth-order valence-electron chi connectivity index (χ4n) is 2.10. The molecule has 0 aliphatic rings. The summed E-state index contributed by atoms with van der Waals surface area (Å²) in [4.78, 5) is 11.9. The SMILES string of the molecule is C=C(C)C(=O)OC(c1ccc(Cl)cc1)c1ccc(CC)cc1. The molecule has 0 fully saturated rings. The van der Waals surface area contributed by atoms with Crippen molar-refractivity contribution in [2.75, 3.05) is 0 Å². The molecule has 2 aromatic rings. The van der Waals surface area contributed by atoms with Gasteiger partial charge in [-0.1, -0.05) is 61.5 Å². The van der Waals surface area contributed by atoms with Crippen molar-refractivity contribution < 1.29 is 9.53 Å². The molecule has 2 rings (SSSR count). The van der Waals surface area contributed by atoms with Crippen LogP contribution in [0.1, 0.15) is 36.6 Å². The van der Waals surface area contributed by atoms with E-state index < -0.39 is 12.1 Å². The number of benzene rings is 2. The molecule has 0 radical (unpaired) electrons. The number of halogens is 1. The summed E-state index contributed by atoms with van der Waals surface area (Å²) in [5, 5.41) is 0.648. The Balaban J connectivity index is 2.37. The summed E-state index contributed by atoms with van der Waals surface area (Å²) in [6.45, 7) is 7.39. The second-order valence-electron chi connectivity index (χ2n) is 5.21. The number of hydrogen-bond acceptors (Lipinski definition) is 2. The van der Waals surface area contributed by atoms with Crippen LogP contribution in [0.2, 0.25) is 5.02 Å². The second-order valence-corrected chi connectivity index (χ2v) is 5.65. The van der Waals surface area contributed by atoms with Crippen LogP contribution in [0, 0.1) is 0 Å². The lowest BCUT2D eigenvalue weighted by atomic mass is 9.99. The fraction of sp³-hybridized carbons (Fsp3) is 0.211. The molecule has 114 valence electrons. The van der Waals surface area contributed by atoms with Crippen molar-refractivity contribution in [1.82, 2.24) is 0 Å². The van der Waals surface area contributed by atoms with Gasteiger partial charge in [0.15, 0.2) is 6.10 Å². The van der Waals surface area contributed by atoms with Crippen molar-refractivity contribution in [1.29, 1.82) is 0 Å². The van der Waals surface area contributed by atoms with Crippen molar-refractivity contribution in [2.24, 2.45) is 0 Å². The molecule has 0 saturated heterocycles. The average Bonchev–Trinajstić information content (AvgIpc) is 2.53. The van der Waals surface area contributed by atoms with Crippen molar-refractivity contribution in [3.63, 3.8) is 0 Å². The van der Waals surface area contributed by atoms with Crippen LogP contribution < -0.4 is 0 Å². The zero-order chi connectivity index (χ0) is 16.1. The maximum Gasteiger partial charge on any atom is 0.334 e. The Bertz CT molecular complexity index is 657. The lowest BCUT2D eigenvalue weighted by molar-refractivity contribution is -0.142. The molecule has 1 atom stereocenters. The Morgan fingerprint density at radius 3 is 2.05 bits per heavy atom. The first kappa shape index (κ1) is 16.3. The predicted octanol–water partition coefficient (Wildman–Crippen LogP) is 5.11. The highest BCUT2D eigenvalue weighted by atomic mass is 35.5. The number of hydrogen-bond donors (Lipinski definition) is 0. The molecule has 0 bridgehead atoms. The molecule has 22 heavy (non-hydrogen) atoms. The summed E-state index contributed by atoms with van der Waals surface area (Å²) in [6.07, 6.45) is 0.504. The van der Waals surface area contributed by atoms with Gasteiger partial charge in [-0.25, -0.2) is 4.79 Å². The first-order valence-electron chi connectivity index (χ1n) is 7.22. The van der Waals surface area contributed by atoms with Gasteiger partial charge in [0.05, 0.1) is 0 Å². The normalized spacial score (nSPS) is 11.8. The van der Waals surface area contributed by atoms with Crippen LogP contribution in [0.25, 0.3) is 0 Å². The summed E-state index contributed by atoms with van der Waals surface area (Å²) < 4.78 is 5.62. The van der Waals surface area contributed by atoms with Crippen LogP contribution in [0.15, 0.2) is 60.7 Å². The van der Waals surface area contributed by atoms with E-state index in [1.54, 1.807) is 19.1 Å². The number of esters is 1. The molecule has 2 nitrogen and oxygen atoms in total. The molecule has 1 unspecified atom stereocenters. The van der Waals surface area contributed by atoms with Gasteiger partial charge < -0.3 is 4.74 Å². The Hall–Kier alpha value is -2.06. The zero-order valence-corrected chi connectivity index (χ0v) is 13.6. The second kappa shape index (κ2) is 7.28. The van der Waals surface area contributed by atoms with E-state index in [1.807, 2.05) is 36.4 Å². The Labute approximate surface area is 136 Å². The Morgan fingerprint density at radius 1 is 1.09 bits per heavy atom.